The molecular weight excluding hydrogens is 228 g/mol. The molecule has 0 unspecified atom stereocenters. The summed E-state index contributed by atoms with van der Waals surface area (Å²) in [5, 5.41) is 10.5. The summed E-state index contributed by atoms with van der Waals surface area (Å²) in [5.41, 5.74) is -0.738. The first-order chi connectivity index (χ1) is 7.90. The molecule has 1 aromatic heterocycles. The van der Waals surface area contributed by atoms with Crippen LogP contribution in [0.15, 0.2) is 23.1 Å². The Morgan fingerprint density at radius 1 is 1.53 bits per heavy atom. The van der Waals surface area contributed by atoms with E-state index in [0.717, 1.165) is 22.9 Å². The van der Waals surface area contributed by atoms with Gasteiger partial charge in [-0.3, -0.25) is 24.3 Å². The molecule has 0 aliphatic rings. The van der Waals surface area contributed by atoms with E-state index < -0.39 is 16.5 Å². The zero-order chi connectivity index (χ0) is 13.0. The van der Waals surface area contributed by atoms with Crippen molar-refractivity contribution in [1.82, 2.24) is 4.57 Å². The van der Waals surface area contributed by atoms with Crippen LogP contribution in [0.3, 0.4) is 0 Å². The van der Waals surface area contributed by atoms with Gasteiger partial charge in [-0.15, -0.1) is 0 Å². The van der Waals surface area contributed by atoms with Crippen molar-refractivity contribution in [2.24, 2.45) is 0 Å². The van der Waals surface area contributed by atoms with Crippen LogP contribution >= 0.6 is 0 Å². The molecule has 7 nitrogen and oxygen atoms in total. The van der Waals surface area contributed by atoms with Crippen LogP contribution < -0.4 is 5.56 Å². The molecule has 1 aromatic rings. The van der Waals surface area contributed by atoms with Gasteiger partial charge < -0.3 is 4.74 Å². The summed E-state index contributed by atoms with van der Waals surface area (Å²) in [5.74, 6) is -0.609. The summed E-state index contributed by atoms with van der Waals surface area (Å²) in [7, 11) is 0. The van der Waals surface area contributed by atoms with Gasteiger partial charge in [0.05, 0.1) is 17.2 Å². The molecule has 7 heteroatoms. The van der Waals surface area contributed by atoms with Crippen molar-refractivity contribution in [3.63, 3.8) is 0 Å². The van der Waals surface area contributed by atoms with Gasteiger partial charge in [0, 0.05) is 12.1 Å². The van der Waals surface area contributed by atoms with Gasteiger partial charge in [0.2, 0.25) is 0 Å². The average molecular weight is 240 g/mol. The van der Waals surface area contributed by atoms with Crippen LogP contribution in [0.1, 0.15) is 13.8 Å². The van der Waals surface area contributed by atoms with E-state index >= 15 is 0 Å². The number of carbonyl (C=O) groups excluding carboxylic acids is 1. The van der Waals surface area contributed by atoms with Crippen LogP contribution in [-0.4, -0.2) is 21.6 Å². The van der Waals surface area contributed by atoms with Gasteiger partial charge in [0.1, 0.15) is 6.54 Å². The highest BCUT2D eigenvalue weighted by molar-refractivity contribution is 5.69. The van der Waals surface area contributed by atoms with Gasteiger partial charge in [0.15, 0.2) is 0 Å². The summed E-state index contributed by atoms with van der Waals surface area (Å²) in [4.78, 5) is 32.5. The summed E-state index contributed by atoms with van der Waals surface area (Å²) in [6.45, 7) is 3.01. The minimum Gasteiger partial charge on any atom is -0.462 e. The lowest BCUT2D eigenvalue weighted by molar-refractivity contribution is -0.385. The summed E-state index contributed by atoms with van der Waals surface area (Å²) in [6, 6.07) is 2.13. The highest BCUT2D eigenvalue weighted by Crippen LogP contribution is 2.06. The van der Waals surface area contributed by atoms with Crippen LogP contribution in [0, 0.1) is 10.1 Å². The number of hydrogen-bond donors (Lipinski definition) is 0. The first-order valence-corrected chi connectivity index (χ1v) is 4.94. The fourth-order valence-corrected chi connectivity index (χ4v) is 1.19. The highest BCUT2D eigenvalue weighted by Gasteiger charge is 2.12. The molecule has 92 valence electrons. The second-order valence-corrected chi connectivity index (χ2v) is 3.65. The topological polar surface area (TPSA) is 91.4 Å². The van der Waals surface area contributed by atoms with E-state index in [4.69, 9.17) is 4.74 Å². The number of pyridine rings is 1. The van der Waals surface area contributed by atoms with E-state index in [1.807, 2.05) is 0 Å². The Bertz CT molecular complexity index is 492. The van der Waals surface area contributed by atoms with E-state index in [-0.39, 0.29) is 18.3 Å². The Hall–Kier alpha value is -2.18. The molecule has 1 rings (SSSR count). The van der Waals surface area contributed by atoms with Gasteiger partial charge >= 0.3 is 5.97 Å². The first kappa shape index (κ1) is 12.9. The number of rotatable bonds is 4. The molecule has 0 spiro atoms. The Kier molecular flexibility index (Phi) is 3.97. The average Bonchev–Trinajstić information content (AvgIpc) is 2.19. The summed E-state index contributed by atoms with van der Waals surface area (Å²) < 4.78 is 5.79. The highest BCUT2D eigenvalue weighted by atomic mass is 16.6. The van der Waals surface area contributed by atoms with Gasteiger partial charge in [-0.1, -0.05) is 0 Å². The number of nitro groups is 1. The van der Waals surface area contributed by atoms with Crippen molar-refractivity contribution >= 4 is 11.7 Å². The maximum Gasteiger partial charge on any atom is 0.326 e. The van der Waals surface area contributed by atoms with E-state index in [1.54, 1.807) is 13.8 Å². The standard InChI is InChI=1S/C10H12N2O5/c1-7(2)17-10(14)6-11-5-8(12(15)16)3-4-9(11)13/h3-5,7H,6H2,1-2H3. The molecule has 0 radical (unpaired) electrons. The lowest BCUT2D eigenvalue weighted by Crippen LogP contribution is -2.25. The molecule has 0 aliphatic carbocycles. The Balaban J connectivity index is 2.90. The number of nitrogens with zero attached hydrogens (tertiary/aromatic N) is 2. The number of ether oxygens (including phenoxy) is 1. The summed E-state index contributed by atoms with van der Waals surface area (Å²) >= 11 is 0. The number of aromatic nitrogens is 1. The molecule has 1 heterocycles. The third-order valence-corrected chi connectivity index (χ3v) is 1.85. The maximum absolute atomic E-state index is 11.3. The Labute approximate surface area is 96.8 Å². The van der Waals surface area contributed by atoms with Crippen LogP contribution in [0.2, 0.25) is 0 Å². The molecule has 0 saturated heterocycles. The number of esters is 1. The normalized spacial score (nSPS) is 10.3. The fraction of sp³-hybridized carbons (Fsp3) is 0.400. The van der Waals surface area contributed by atoms with Gasteiger partial charge in [0.25, 0.3) is 11.2 Å². The number of carbonyl (C=O) groups is 1. The molecule has 0 N–H and O–H groups in total. The largest absolute Gasteiger partial charge is 0.462 e. The zero-order valence-corrected chi connectivity index (χ0v) is 9.45. The molecule has 0 atom stereocenters. The van der Waals surface area contributed by atoms with E-state index in [1.165, 1.54) is 0 Å². The Morgan fingerprint density at radius 2 is 2.18 bits per heavy atom. The fourth-order valence-electron chi connectivity index (χ4n) is 1.19. The lowest BCUT2D eigenvalue weighted by Gasteiger charge is -2.08. The Morgan fingerprint density at radius 3 is 2.71 bits per heavy atom. The van der Waals surface area contributed by atoms with Gasteiger partial charge in [-0.2, -0.15) is 0 Å². The SMILES string of the molecule is CC(C)OC(=O)Cn1cc([N+](=O)[O-])ccc1=O. The van der Waals surface area contributed by atoms with E-state index in [2.05, 4.69) is 0 Å². The summed E-state index contributed by atoms with van der Waals surface area (Å²) in [6.07, 6.45) is 0.723. The first-order valence-electron chi connectivity index (χ1n) is 4.94. The van der Waals surface area contributed by atoms with Crippen molar-refractivity contribution in [3.8, 4) is 0 Å². The zero-order valence-electron chi connectivity index (χ0n) is 9.45. The smallest absolute Gasteiger partial charge is 0.326 e. The quantitative estimate of drug-likeness (QED) is 0.439. The van der Waals surface area contributed by atoms with Crippen molar-refractivity contribution in [1.29, 1.82) is 0 Å². The van der Waals surface area contributed by atoms with E-state index in [0.29, 0.717) is 0 Å². The van der Waals surface area contributed by atoms with Crippen molar-refractivity contribution in [3.05, 3.63) is 38.8 Å². The lowest BCUT2D eigenvalue weighted by atomic mass is 10.4. The van der Waals surface area contributed by atoms with Gasteiger partial charge in [-0.25, -0.2) is 0 Å². The van der Waals surface area contributed by atoms with Crippen LogP contribution in [0.25, 0.3) is 0 Å². The molecule has 0 fully saturated rings. The van der Waals surface area contributed by atoms with Crippen molar-refractivity contribution in [2.75, 3.05) is 0 Å². The second-order valence-electron chi connectivity index (χ2n) is 3.65. The molecule has 0 aliphatic heterocycles. The van der Waals surface area contributed by atoms with E-state index in [9.17, 15) is 19.7 Å². The minimum atomic E-state index is -0.635. The predicted octanol–water partition coefficient (Wildman–Crippen LogP) is 0.708. The molecular formula is C10H12N2O5. The van der Waals surface area contributed by atoms with Crippen molar-refractivity contribution in [2.45, 2.75) is 26.5 Å². The van der Waals surface area contributed by atoms with Crippen molar-refractivity contribution < 1.29 is 14.5 Å². The number of hydrogen-bond acceptors (Lipinski definition) is 5. The molecule has 0 saturated carbocycles. The van der Waals surface area contributed by atoms with Crippen LogP contribution in [-0.2, 0) is 16.1 Å². The molecule has 0 bridgehead atoms. The molecule has 0 amide bonds. The minimum absolute atomic E-state index is 0.248. The van der Waals surface area contributed by atoms with Crippen LogP contribution in [0.5, 0.6) is 0 Å². The predicted molar refractivity (Wildman–Crippen MR) is 58.6 cm³/mol. The third kappa shape index (κ3) is 3.71. The monoisotopic (exact) mass is 240 g/mol. The van der Waals surface area contributed by atoms with Crippen LogP contribution in [0.4, 0.5) is 5.69 Å². The molecule has 0 aromatic carbocycles. The second kappa shape index (κ2) is 5.24. The van der Waals surface area contributed by atoms with Gasteiger partial charge in [-0.05, 0) is 13.8 Å². The molecule has 17 heavy (non-hydrogen) atoms. The maximum atomic E-state index is 11.3. The third-order valence-electron chi connectivity index (χ3n) is 1.85.